The van der Waals surface area contributed by atoms with Gasteiger partial charge >= 0.3 is 0 Å². The van der Waals surface area contributed by atoms with Crippen LogP contribution in [0.25, 0.3) is 0 Å². The van der Waals surface area contributed by atoms with Crippen LogP contribution in [0.3, 0.4) is 0 Å². The van der Waals surface area contributed by atoms with Gasteiger partial charge in [0.2, 0.25) is 16.0 Å². The lowest BCUT2D eigenvalue weighted by molar-refractivity contribution is 0.101. The van der Waals surface area contributed by atoms with Crippen molar-refractivity contribution in [1.29, 1.82) is 0 Å². The first-order valence-electron chi connectivity index (χ1n) is 8.74. The Kier molecular flexibility index (Phi) is 4.67. The van der Waals surface area contributed by atoms with Crippen molar-refractivity contribution in [1.82, 2.24) is 14.3 Å². The third kappa shape index (κ3) is 3.45. The largest absolute Gasteiger partial charge is 0.378 e. The van der Waals surface area contributed by atoms with E-state index in [1.165, 1.54) is 23.4 Å². The zero-order chi connectivity index (χ0) is 19.0. The van der Waals surface area contributed by atoms with E-state index in [9.17, 15) is 13.2 Å². The number of ketones is 1. The summed E-state index contributed by atoms with van der Waals surface area (Å²) in [6, 6.07) is 6.13. The summed E-state index contributed by atoms with van der Waals surface area (Å²) >= 11 is 0. The van der Waals surface area contributed by atoms with Crippen molar-refractivity contribution >= 4 is 21.8 Å². The van der Waals surface area contributed by atoms with E-state index in [4.69, 9.17) is 4.74 Å². The van der Waals surface area contributed by atoms with Gasteiger partial charge in [-0.2, -0.15) is 4.31 Å². The van der Waals surface area contributed by atoms with Crippen LogP contribution < -0.4 is 4.90 Å². The Hall–Kier alpha value is -2.36. The van der Waals surface area contributed by atoms with Gasteiger partial charge in [0.1, 0.15) is 0 Å². The Morgan fingerprint density at radius 3 is 2.70 bits per heavy atom. The molecule has 0 bridgehead atoms. The van der Waals surface area contributed by atoms with Gasteiger partial charge in [0.15, 0.2) is 5.78 Å². The predicted molar refractivity (Wildman–Crippen MR) is 97.9 cm³/mol. The van der Waals surface area contributed by atoms with E-state index >= 15 is 0 Å². The average Bonchev–Trinajstić information content (AvgIpc) is 3.13. The van der Waals surface area contributed by atoms with Crippen LogP contribution in [0, 0.1) is 0 Å². The highest BCUT2D eigenvalue weighted by Gasteiger charge is 2.32. The molecule has 142 valence electrons. The lowest BCUT2D eigenvalue weighted by atomic mass is 10.2. The van der Waals surface area contributed by atoms with Gasteiger partial charge in [0.25, 0.3) is 0 Å². The van der Waals surface area contributed by atoms with Gasteiger partial charge in [-0.15, -0.1) is 0 Å². The van der Waals surface area contributed by atoms with Gasteiger partial charge in [0, 0.05) is 37.0 Å². The second-order valence-corrected chi connectivity index (χ2v) is 8.54. The number of carbonyl (C=O) groups excluding carboxylic acids is 1. The van der Waals surface area contributed by atoms with Gasteiger partial charge in [-0.3, -0.25) is 4.79 Å². The van der Waals surface area contributed by atoms with E-state index in [0.29, 0.717) is 24.7 Å². The Labute approximate surface area is 157 Å². The van der Waals surface area contributed by atoms with E-state index < -0.39 is 10.0 Å². The molecule has 1 fully saturated rings. The van der Waals surface area contributed by atoms with E-state index in [2.05, 4.69) is 9.97 Å². The maximum Gasteiger partial charge on any atom is 0.243 e. The summed E-state index contributed by atoms with van der Waals surface area (Å²) in [7, 11) is -3.72. The molecule has 27 heavy (non-hydrogen) atoms. The van der Waals surface area contributed by atoms with E-state index in [1.807, 2.05) is 4.90 Å². The number of nitrogens with zero attached hydrogens (tertiary/aromatic N) is 4. The number of hydrogen-bond donors (Lipinski definition) is 0. The minimum Gasteiger partial charge on any atom is -0.378 e. The summed E-state index contributed by atoms with van der Waals surface area (Å²) in [5.41, 5.74) is 1.90. The van der Waals surface area contributed by atoms with Gasteiger partial charge in [-0.05, 0) is 19.1 Å². The number of aromatic nitrogens is 2. The Balaban J connectivity index is 1.58. The second-order valence-electron chi connectivity index (χ2n) is 6.60. The molecule has 1 aromatic heterocycles. The molecule has 0 amide bonds. The number of Topliss-reactive ketones (excluding diaryl/α,β-unsaturated/α-hetero) is 1. The molecule has 0 unspecified atom stereocenters. The first kappa shape index (κ1) is 18.0. The van der Waals surface area contributed by atoms with Crippen molar-refractivity contribution in [2.75, 3.05) is 31.2 Å². The molecule has 0 N–H and O–H groups in total. The van der Waals surface area contributed by atoms with E-state index in [1.54, 1.807) is 18.3 Å². The normalized spacial score (nSPS) is 17.7. The molecule has 2 aliphatic heterocycles. The molecule has 2 aromatic rings. The van der Waals surface area contributed by atoms with Crippen molar-refractivity contribution in [3.05, 3.63) is 47.3 Å². The number of sulfonamides is 1. The number of carbonyl (C=O) groups is 1. The molecule has 1 aromatic carbocycles. The maximum absolute atomic E-state index is 13.0. The number of rotatable bonds is 4. The maximum atomic E-state index is 13.0. The van der Waals surface area contributed by atoms with Gasteiger partial charge in [-0.1, -0.05) is 12.1 Å². The van der Waals surface area contributed by atoms with E-state index in [-0.39, 0.29) is 23.8 Å². The van der Waals surface area contributed by atoms with Crippen LogP contribution in [0.4, 0.5) is 5.95 Å². The molecule has 2 aliphatic rings. The first-order chi connectivity index (χ1) is 12.9. The summed E-state index contributed by atoms with van der Waals surface area (Å²) in [5, 5.41) is 0. The zero-order valence-electron chi connectivity index (χ0n) is 15.0. The molecule has 0 spiro atoms. The molecular formula is C18H20N4O4S. The highest BCUT2D eigenvalue weighted by atomic mass is 32.2. The zero-order valence-corrected chi connectivity index (χ0v) is 15.8. The predicted octanol–water partition coefficient (Wildman–Crippen LogP) is 1.22. The lowest BCUT2D eigenvalue weighted by Gasteiger charge is -2.26. The molecule has 8 nitrogen and oxygen atoms in total. The lowest BCUT2D eigenvalue weighted by Crippen LogP contribution is -2.37. The number of benzene rings is 1. The molecule has 0 saturated carbocycles. The highest BCUT2D eigenvalue weighted by Crippen LogP contribution is 2.28. The molecule has 3 heterocycles. The average molecular weight is 388 g/mol. The van der Waals surface area contributed by atoms with E-state index in [0.717, 1.165) is 24.3 Å². The van der Waals surface area contributed by atoms with Crippen molar-refractivity contribution in [2.45, 2.75) is 24.9 Å². The summed E-state index contributed by atoms with van der Waals surface area (Å²) in [6.45, 7) is 4.55. The first-order valence-corrected chi connectivity index (χ1v) is 10.2. The standard InChI is InChI=1S/C18H20N4O4S/c1-13(23)14-3-2-4-16(9-14)27(24,25)22-11-15-10-19-18(20-17(15)12-22)21-5-7-26-8-6-21/h2-4,9-10H,5-8,11-12H2,1H3. The van der Waals surface area contributed by atoms with Crippen LogP contribution in [0.2, 0.25) is 0 Å². The third-order valence-electron chi connectivity index (χ3n) is 4.79. The molecule has 0 radical (unpaired) electrons. The van der Waals surface area contributed by atoms with Crippen LogP contribution in [-0.4, -0.2) is 54.8 Å². The minimum absolute atomic E-state index is 0.115. The van der Waals surface area contributed by atoms with Crippen molar-refractivity contribution < 1.29 is 17.9 Å². The topological polar surface area (TPSA) is 92.7 Å². The molecule has 1 saturated heterocycles. The molecule has 0 aliphatic carbocycles. The van der Waals surface area contributed by atoms with Crippen LogP contribution in [-0.2, 0) is 27.8 Å². The van der Waals surface area contributed by atoms with Crippen molar-refractivity contribution in [2.24, 2.45) is 0 Å². The fourth-order valence-electron chi connectivity index (χ4n) is 3.22. The van der Waals surface area contributed by atoms with Crippen molar-refractivity contribution in [3.63, 3.8) is 0 Å². The summed E-state index contributed by atoms with van der Waals surface area (Å²) in [5.74, 6) is 0.438. The quantitative estimate of drug-likeness (QED) is 0.727. The van der Waals surface area contributed by atoms with Gasteiger partial charge < -0.3 is 9.64 Å². The highest BCUT2D eigenvalue weighted by molar-refractivity contribution is 7.89. The number of morpholine rings is 1. The van der Waals surface area contributed by atoms with Gasteiger partial charge in [0.05, 0.1) is 30.3 Å². The number of anilines is 1. The second kappa shape index (κ2) is 6.99. The number of ether oxygens (including phenoxy) is 1. The van der Waals surface area contributed by atoms with Crippen LogP contribution in [0.15, 0.2) is 35.4 Å². The molecule has 9 heteroatoms. The molecular weight excluding hydrogens is 368 g/mol. The van der Waals surface area contributed by atoms with Crippen LogP contribution >= 0.6 is 0 Å². The SMILES string of the molecule is CC(=O)c1cccc(S(=O)(=O)N2Cc3cnc(N4CCOCC4)nc3C2)c1. The Morgan fingerprint density at radius 2 is 1.96 bits per heavy atom. The summed E-state index contributed by atoms with van der Waals surface area (Å²) in [4.78, 5) is 22.7. The van der Waals surface area contributed by atoms with Crippen LogP contribution in [0.1, 0.15) is 28.5 Å². The summed E-state index contributed by atoms with van der Waals surface area (Å²) < 4.78 is 32.7. The Morgan fingerprint density at radius 1 is 1.19 bits per heavy atom. The van der Waals surface area contributed by atoms with Crippen molar-refractivity contribution in [3.8, 4) is 0 Å². The summed E-state index contributed by atoms with van der Waals surface area (Å²) in [6.07, 6.45) is 1.70. The molecule has 4 rings (SSSR count). The fourth-order valence-corrected chi connectivity index (χ4v) is 4.65. The third-order valence-corrected chi connectivity index (χ3v) is 6.57. The monoisotopic (exact) mass is 388 g/mol. The fraction of sp³-hybridized carbons (Fsp3) is 0.389. The smallest absolute Gasteiger partial charge is 0.243 e. The molecule has 0 atom stereocenters. The van der Waals surface area contributed by atoms with Gasteiger partial charge in [-0.25, -0.2) is 18.4 Å². The number of hydrogen-bond acceptors (Lipinski definition) is 7. The van der Waals surface area contributed by atoms with Crippen LogP contribution in [0.5, 0.6) is 0 Å². The minimum atomic E-state index is -3.72. The Bertz CT molecular complexity index is 987. The number of fused-ring (bicyclic) bond motifs is 1.